The van der Waals surface area contributed by atoms with E-state index >= 15 is 0 Å². The second-order valence-electron chi connectivity index (χ2n) is 8.24. The average Bonchev–Trinajstić information content (AvgIpc) is 3.23. The molecule has 2 rings (SSSR count). The Bertz CT molecular complexity index is 992. The van der Waals surface area contributed by atoms with Gasteiger partial charge in [0, 0.05) is 30.1 Å². The van der Waals surface area contributed by atoms with E-state index in [4.69, 9.17) is 0 Å². The number of amides is 1. The number of hydrogen-bond donors (Lipinski definition) is 3. The SMILES string of the molecule is CC/C=C/C/C=C/C/C=C/C/C=C/C/C=C/CCCC(=O)NCCc1c[nH]c2ccc(O)cc12. The molecule has 0 fully saturated rings. The first kappa shape index (κ1) is 27.0. The second kappa shape index (κ2) is 17.2. The van der Waals surface area contributed by atoms with Gasteiger partial charge in [0.25, 0.3) is 0 Å². The van der Waals surface area contributed by atoms with Crippen LogP contribution in [-0.4, -0.2) is 22.5 Å². The van der Waals surface area contributed by atoms with Crippen LogP contribution in [0.2, 0.25) is 0 Å². The number of carbonyl (C=O) groups excluding carboxylic acids is 1. The fourth-order valence-electron chi connectivity index (χ4n) is 3.55. The van der Waals surface area contributed by atoms with E-state index in [0.29, 0.717) is 13.0 Å². The minimum Gasteiger partial charge on any atom is -0.508 e. The third kappa shape index (κ3) is 11.6. The number of phenols is 1. The molecule has 1 heterocycles. The van der Waals surface area contributed by atoms with Crippen molar-refractivity contribution in [3.63, 3.8) is 0 Å². The minimum atomic E-state index is 0.0926. The number of rotatable bonds is 16. The zero-order valence-corrected chi connectivity index (χ0v) is 20.5. The molecule has 0 aliphatic rings. The highest BCUT2D eigenvalue weighted by molar-refractivity contribution is 5.84. The zero-order chi connectivity index (χ0) is 24.3. The van der Waals surface area contributed by atoms with Gasteiger partial charge in [-0.15, -0.1) is 0 Å². The molecule has 4 heteroatoms. The average molecular weight is 461 g/mol. The lowest BCUT2D eigenvalue weighted by Gasteiger charge is -2.04. The molecule has 2 aromatic rings. The molecule has 0 bridgehead atoms. The summed E-state index contributed by atoms with van der Waals surface area (Å²) in [6, 6.07) is 5.29. The number of fused-ring (bicyclic) bond motifs is 1. The Labute approximate surface area is 204 Å². The lowest BCUT2D eigenvalue weighted by atomic mass is 10.1. The summed E-state index contributed by atoms with van der Waals surface area (Å²) in [6.45, 7) is 2.75. The number of aromatic nitrogens is 1. The first-order valence-corrected chi connectivity index (χ1v) is 12.5. The van der Waals surface area contributed by atoms with E-state index in [9.17, 15) is 9.90 Å². The third-order valence-corrected chi connectivity index (χ3v) is 5.40. The van der Waals surface area contributed by atoms with E-state index in [0.717, 1.165) is 67.8 Å². The van der Waals surface area contributed by atoms with E-state index in [1.807, 2.05) is 12.3 Å². The summed E-state index contributed by atoms with van der Waals surface area (Å²) in [5.74, 6) is 0.350. The van der Waals surface area contributed by atoms with Crippen molar-refractivity contribution in [1.29, 1.82) is 0 Å². The van der Waals surface area contributed by atoms with Gasteiger partial charge in [0.2, 0.25) is 5.91 Å². The molecular weight excluding hydrogens is 420 g/mol. The Kier molecular flexibility index (Phi) is 13.7. The second-order valence-corrected chi connectivity index (χ2v) is 8.24. The van der Waals surface area contributed by atoms with Gasteiger partial charge in [0.05, 0.1) is 0 Å². The summed E-state index contributed by atoms with van der Waals surface area (Å²) in [6.07, 6.45) is 31.9. The van der Waals surface area contributed by atoms with Gasteiger partial charge in [-0.25, -0.2) is 0 Å². The molecule has 0 spiro atoms. The van der Waals surface area contributed by atoms with Crippen LogP contribution in [0.1, 0.15) is 63.9 Å². The number of aromatic amines is 1. The Balaban J connectivity index is 1.46. The van der Waals surface area contributed by atoms with Crippen LogP contribution < -0.4 is 5.32 Å². The van der Waals surface area contributed by atoms with Gasteiger partial charge in [0.1, 0.15) is 5.75 Å². The maximum atomic E-state index is 12.0. The molecule has 4 nitrogen and oxygen atoms in total. The molecule has 0 atom stereocenters. The zero-order valence-electron chi connectivity index (χ0n) is 20.5. The maximum absolute atomic E-state index is 12.0. The van der Waals surface area contributed by atoms with Gasteiger partial charge in [-0.2, -0.15) is 0 Å². The predicted molar refractivity (Wildman–Crippen MR) is 145 cm³/mol. The first-order chi connectivity index (χ1) is 16.7. The molecule has 1 amide bonds. The topological polar surface area (TPSA) is 65.1 Å². The Morgan fingerprint density at radius 1 is 0.912 bits per heavy atom. The highest BCUT2D eigenvalue weighted by Gasteiger charge is 2.05. The predicted octanol–water partition coefficient (Wildman–Crippen LogP) is 7.45. The summed E-state index contributed by atoms with van der Waals surface area (Å²) in [5.41, 5.74) is 2.10. The monoisotopic (exact) mass is 460 g/mol. The molecule has 34 heavy (non-hydrogen) atoms. The molecule has 1 aromatic heterocycles. The normalized spacial score (nSPS) is 12.5. The van der Waals surface area contributed by atoms with E-state index in [1.54, 1.807) is 12.1 Å². The number of carbonyl (C=O) groups is 1. The standard InChI is InChI=1S/C30H40N2O2/c1-2-3-4-5-6-7-8-9-10-11-12-13-14-15-16-17-18-19-30(34)31-23-22-26-25-32-29-21-20-27(33)24-28(26)29/h3-4,6-7,9-10,12-13,15-16,20-21,24-25,32-33H,2,5,8,11,14,17-19,22-23H2,1H3,(H,31,34)/b4-3+,7-6+,10-9+,13-12+,16-15+. The summed E-state index contributed by atoms with van der Waals surface area (Å²) in [5, 5.41) is 13.7. The van der Waals surface area contributed by atoms with E-state index in [2.05, 4.69) is 78.0 Å². The first-order valence-electron chi connectivity index (χ1n) is 12.5. The highest BCUT2D eigenvalue weighted by atomic mass is 16.3. The molecule has 0 aliphatic carbocycles. The van der Waals surface area contributed by atoms with Crippen LogP contribution in [0, 0.1) is 0 Å². The maximum Gasteiger partial charge on any atom is 0.220 e. The van der Waals surface area contributed by atoms with Crippen LogP contribution in [-0.2, 0) is 11.2 Å². The minimum absolute atomic E-state index is 0.0926. The molecule has 0 unspecified atom stereocenters. The summed E-state index contributed by atoms with van der Waals surface area (Å²) < 4.78 is 0. The molecule has 1 aromatic carbocycles. The summed E-state index contributed by atoms with van der Waals surface area (Å²) in [7, 11) is 0. The smallest absolute Gasteiger partial charge is 0.220 e. The lowest BCUT2D eigenvalue weighted by molar-refractivity contribution is -0.121. The van der Waals surface area contributed by atoms with Crippen molar-refractivity contribution in [3.05, 3.63) is 90.7 Å². The molecule has 0 aliphatic heterocycles. The number of H-pyrrole nitrogens is 1. The number of unbranched alkanes of at least 4 members (excludes halogenated alkanes) is 1. The van der Waals surface area contributed by atoms with Crippen molar-refractivity contribution in [1.82, 2.24) is 10.3 Å². The van der Waals surface area contributed by atoms with E-state index < -0.39 is 0 Å². The number of aromatic hydroxyl groups is 1. The van der Waals surface area contributed by atoms with Crippen LogP contribution in [0.25, 0.3) is 10.9 Å². The fourth-order valence-corrected chi connectivity index (χ4v) is 3.55. The largest absolute Gasteiger partial charge is 0.508 e. The number of hydrogen-bond acceptors (Lipinski definition) is 2. The number of allylic oxidation sites excluding steroid dienone is 10. The Hall–Kier alpha value is -3.27. The molecular formula is C30H40N2O2. The van der Waals surface area contributed by atoms with Crippen LogP contribution in [0.3, 0.4) is 0 Å². The van der Waals surface area contributed by atoms with Crippen molar-refractivity contribution in [2.75, 3.05) is 6.54 Å². The van der Waals surface area contributed by atoms with Crippen molar-refractivity contribution in [3.8, 4) is 5.75 Å². The van der Waals surface area contributed by atoms with Gasteiger partial charge in [-0.3, -0.25) is 4.79 Å². The van der Waals surface area contributed by atoms with Crippen LogP contribution in [0.4, 0.5) is 0 Å². The quantitative estimate of drug-likeness (QED) is 0.180. The van der Waals surface area contributed by atoms with Crippen molar-refractivity contribution < 1.29 is 9.90 Å². The van der Waals surface area contributed by atoms with Crippen LogP contribution >= 0.6 is 0 Å². The van der Waals surface area contributed by atoms with E-state index in [1.165, 1.54) is 0 Å². The molecule has 0 radical (unpaired) electrons. The Morgan fingerprint density at radius 3 is 2.18 bits per heavy atom. The Morgan fingerprint density at radius 2 is 1.53 bits per heavy atom. The number of benzene rings is 1. The van der Waals surface area contributed by atoms with Crippen molar-refractivity contribution in [2.45, 2.75) is 64.7 Å². The molecule has 0 saturated carbocycles. The summed E-state index contributed by atoms with van der Waals surface area (Å²) in [4.78, 5) is 15.2. The van der Waals surface area contributed by atoms with Gasteiger partial charge < -0.3 is 15.4 Å². The van der Waals surface area contributed by atoms with Crippen LogP contribution in [0.5, 0.6) is 5.75 Å². The van der Waals surface area contributed by atoms with Crippen molar-refractivity contribution >= 4 is 16.8 Å². The van der Waals surface area contributed by atoms with Crippen LogP contribution in [0.15, 0.2) is 85.2 Å². The van der Waals surface area contributed by atoms with E-state index in [-0.39, 0.29) is 11.7 Å². The lowest BCUT2D eigenvalue weighted by Crippen LogP contribution is -2.25. The van der Waals surface area contributed by atoms with Gasteiger partial charge in [-0.05, 0) is 75.1 Å². The number of nitrogens with one attached hydrogen (secondary N) is 2. The third-order valence-electron chi connectivity index (χ3n) is 5.40. The number of phenolic OH excluding ortho intramolecular Hbond substituents is 1. The summed E-state index contributed by atoms with van der Waals surface area (Å²) >= 11 is 0. The highest BCUT2D eigenvalue weighted by Crippen LogP contribution is 2.23. The van der Waals surface area contributed by atoms with Gasteiger partial charge in [0.15, 0.2) is 0 Å². The fraction of sp³-hybridized carbons (Fsp3) is 0.367. The van der Waals surface area contributed by atoms with Crippen molar-refractivity contribution in [2.24, 2.45) is 0 Å². The van der Waals surface area contributed by atoms with Gasteiger partial charge in [-0.1, -0.05) is 67.7 Å². The van der Waals surface area contributed by atoms with Gasteiger partial charge >= 0.3 is 0 Å². The molecule has 0 saturated heterocycles. The molecule has 3 N–H and O–H groups in total. The molecule has 182 valence electrons.